The number of rotatable bonds is 5. The fourth-order valence-corrected chi connectivity index (χ4v) is 2.28. The predicted octanol–water partition coefficient (Wildman–Crippen LogP) is 4.01. The molecule has 0 unspecified atom stereocenters. The van der Waals surface area contributed by atoms with Crippen LogP contribution in [0.3, 0.4) is 0 Å². The minimum atomic E-state index is 0.504. The zero-order chi connectivity index (χ0) is 16.9. The Labute approximate surface area is 145 Å². The summed E-state index contributed by atoms with van der Waals surface area (Å²) < 4.78 is 7.46. The Bertz CT molecular complexity index is 819. The van der Waals surface area contributed by atoms with Gasteiger partial charge in [0.2, 0.25) is 0 Å². The summed E-state index contributed by atoms with van der Waals surface area (Å²) >= 11 is 5.87. The van der Waals surface area contributed by atoms with E-state index in [4.69, 9.17) is 16.3 Å². The molecule has 24 heavy (non-hydrogen) atoms. The van der Waals surface area contributed by atoms with Crippen molar-refractivity contribution in [1.82, 2.24) is 14.9 Å². The summed E-state index contributed by atoms with van der Waals surface area (Å²) in [6, 6.07) is 15.4. The van der Waals surface area contributed by atoms with E-state index in [1.165, 1.54) is 0 Å². The van der Waals surface area contributed by atoms with Crippen LogP contribution in [-0.2, 0) is 6.61 Å². The maximum atomic E-state index is 5.87. The molecule has 1 aromatic heterocycles. The van der Waals surface area contributed by atoms with Gasteiger partial charge in [-0.1, -0.05) is 23.7 Å². The van der Waals surface area contributed by atoms with Gasteiger partial charge in [0.05, 0.1) is 6.21 Å². The van der Waals surface area contributed by atoms with Gasteiger partial charge in [-0.25, -0.2) is 4.68 Å². The van der Waals surface area contributed by atoms with E-state index >= 15 is 0 Å². The molecule has 0 bridgehead atoms. The Kier molecular flexibility index (Phi) is 4.91. The molecule has 0 aliphatic carbocycles. The lowest BCUT2D eigenvalue weighted by Crippen LogP contribution is -1.97. The van der Waals surface area contributed by atoms with Crippen LogP contribution in [0.2, 0.25) is 5.02 Å². The van der Waals surface area contributed by atoms with Gasteiger partial charge < -0.3 is 4.74 Å². The second-order valence-corrected chi connectivity index (χ2v) is 5.77. The molecule has 0 amide bonds. The van der Waals surface area contributed by atoms with E-state index in [9.17, 15) is 0 Å². The van der Waals surface area contributed by atoms with Crippen molar-refractivity contribution >= 4 is 17.8 Å². The van der Waals surface area contributed by atoms with Crippen molar-refractivity contribution < 1.29 is 4.74 Å². The Balaban J connectivity index is 1.62. The van der Waals surface area contributed by atoms with Crippen molar-refractivity contribution in [1.29, 1.82) is 0 Å². The molecule has 0 aliphatic rings. The van der Waals surface area contributed by atoms with E-state index in [0.29, 0.717) is 6.61 Å². The van der Waals surface area contributed by atoms with Crippen LogP contribution in [0.5, 0.6) is 5.75 Å². The lowest BCUT2D eigenvalue weighted by atomic mass is 10.2. The second-order valence-electron chi connectivity index (χ2n) is 5.33. The van der Waals surface area contributed by atoms with Crippen LogP contribution in [0, 0.1) is 13.8 Å². The van der Waals surface area contributed by atoms with Gasteiger partial charge in [0, 0.05) is 5.02 Å². The molecule has 0 saturated carbocycles. The molecule has 122 valence electrons. The van der Waals surface area contributed by atoms with Gasteiger partial charge in [0.15, 0.2) is 11.6 Å². The summed E-state index contributed by atoms with van der Waals surface area (Å²) in [6.07, 6.45) is 1.77. The van der Waals surface area contributed by atoms with Crippen LogP contribution < -0.4 is 4.74 Å². The van der Waals surface area contributed by atoms with Crippen LogP contribution in [-0.4, -0.2) is 21.1 Å². The average Bonchev–Trinajstić information content (AvgIpc) is 2.92. The summed E-state index contributed by atoms with van der Waals surface area (Å²) in [5.41, 5.74) is 2.05. The van der Waals surface area contributed by atoms with E-state index in [1.807, 2.05) is 62.4 Å². The molecule has 0 aliphatic heterocycles. The molecule has 0 fully saturated rings. The zero-order valence-corrected chi connectivity index (χ0v) is 14.2. The highest BCUT2D eigenvalue weighted by Gasteiger charge is 2.01. The number of aromatic nitrogens is 3. The van der Waals surface area contributed by atoms with Crippen LogP contribution in [0.15, 0.2) is 53.6 Å². The molecule has 2 aromatic carbocycles. The number of hydrogen-bond donors (Lipinski definition) is 0. The van der Waals surface area contributed by atoms with Crippen molar-refractivity contribution in [2.75, 3.05) is 0 Å². The minimum absolute atomic E-state index is 0.504. The van der Waals surface area contributed by atoms with Crippen molar-refractivity contribution in [2.24, 2.45) is 5.10 Å². The maximum Gasteiger partial charge on any atom is 0.151 e. The summed E-state index contributed by atoms with van der Waals surface area (Å²) in [7, 11) is 0. The number of benzene rings is 2. The topological polar surface area (TPSA) is 52.3 Å². The van der Waals surface area contributed by atoms with Gasteiger partial charge >= 0.3 is 0 Å². The number of aryl methyl sites for hydroxylation is 2. The van der Waals surface area contributed by atoms with Gasteiger partial charge in [0.25, 0.3) is 0 Å². The first-order valence-electron chi connectivity index (χ1n) is 7.52. The van der Waals surface area contributed by atoms with Gasteiger partial charge in [-0.05, 0) is 61.4 Å². The highest BCUT2D eigenvalue weighted by Crippen LogP contribution is 2.15. The van der Waals surface area contributed by atoms with E-state index in [0.717, 1.165) is 33.5 Å². The van der Waals surface area contributed by atoms with Crippen molar-refractivity contribution in [3.8, 4) is 5.75 Å². The van der Waals surface area contributed by atoms with Gasteiger partial charge in [-0.3, -0.25) is 0 Å². The molecular weight excluding hydrogens is 324 g/mol. The van der Waals surface area contributed by atoms with Gasteiger partial charge in [-0.2, -0.15) is 5.10 Å². The molecule has 0 saturated heterocycles. The van der Waals surface area contributed by atoms with Crippen LogP contribution in [0.4, 0.5) is 0 Å². The van der Waals surface area contributed by atoms with Gasteiger partial charge in [0.1, 0.15) is 12.4 Å². The maximum absolute atomic E-state index is 5.87. The zero-order valence-electron chi connectivity index (χ0n) is 13.5. The molecule has 3 aromatic rings. The first kappa shape index (κ1) is 16.2. The average molecular weight is 341 g/mol. The molecule has 0 N–H and O–H groups in total. The summed E-state index contributed by atoms with van der Waals surface area (Å²) in [6.45, 7) is 4.24. The molecular formula is C18H17ClN4O. The highest BCUT2D eigenvalue weighted by atomic mass is 35.5. The van der Waals surface area contributed by atoms with Crippen LogP contribution in [0.1, 0.15) is 22.8 Å². The molecule has 0 radical (unpaired) electrons. The van der Waals surface area contributed by atoms with Gasteiger partial charge in [-0.15, -0.1) is 10.2 Å². The Morgan fingerprint density at radius 3 is 2.25 bits per heavy atom. The minimum Gasteiger partial charge on any atom is -0.489 e. The lowest BCUT2D eigenvalue weighted by molar-refractivity contribution is 0.306. The van der Waals surface area contributed by atoms with Crippen molar-refractivity contribution in [2.45, 2.75) is 20.5 Å². The number of nitrogens with zero attached hydrogens (tertiary/aromatic N) is 4. The largest absolute Gasteiger partial charge is 0.489 e. The van der Waals surface area contributed by atoms with Crippen LogP contribution in [0.25, 0.3) is 0 Å². The molecule has 0 spiro atoms. The molecule has 5 nitrogen and oxygen atoms in total. The standard InChI is InChI=1S/C18H17ClN4O/c1-13-21-22-14(2)23(13)20-11-15-5-9-18(10-6-15)24-12-16-3-7-17(19)8-4-16/h3-11H,12H2,1-2H3. The van der Waals surface area contributed by atoms with E-state index in [2.05, 4.69) is 15.3 Å². The smallest absolute Gasteiger partial charge is 0.151 e. The monoisotopic (exact) mass is 340 g/mol. The third-order valence-electron chi connectivity index (χ3n) is 3.47. The highest BCUT2D eigenvalue weighted by molar-refractivity contribution is 6.30. The van der Waals surface area contributed by atoms with E-state index in [-0.39, 0.29) is 0 Å². The number of hydrogen-bond acceptors (Lipinski definition) is 4. The summed E-state index contributed by atoms with van der Waals surface area (Å²) in [4.78, 5) is 0. The fraction of sp³-hybridized carbons (Fsp3) is 0.167. The lowest BCUT2D eigenvalue weighted by Gasteiger charge is -2.06. The Morgan fingerprint density at radius 1 is 1.00 bits per heavy atom. The quantitative estimate of drug-likeness (QED) is 0.659. The molecule has 3 rings (SSSR count). The fourth-order valence-electron chi connectivity index (χ4n) is 2.15. The summed E-state index contributed by atoms with van der Waals surface area (Å²) in [5, 5.41) is 13.0. The summed E-state index contributed by atoms with van der Waals surface area (Å²) in [5.74, 6) is 2.32. The Hall–Kier alpha value is -2.66. The Morgan fingerprint density at radius 2 is 1.62 bits per heavy atom. The third kappa shape index (κ3) is 4.00. The SMILES string of the molecule is Cc1nnc(C)n1N=Cc1ccc(OCc2ccc(Cl)cc2)cc1. The molecule has 0 atom stereocenters. The number of halogens is 1. The molecule has 6 heteroatoms. The third-order valence-corrected chi connectivity index (χ3v) is 3.73. The predicted molar refractivity (Wildman–Crippen MR) is 94.7 cm³/mol. The second kappa shape index (κ2) is 7.27. The van der Waals surface area contributed by atoms with E-state index in [1.54, 1.807) is 10.9 Å². The first-order chi connectivity index (χ1) is 11.6. The molecule has 1 heterocycles. The first-order valence-corrected chi connectivity index (χ1v) is 7.90. The van der Waals surface area contributed by atoms with Crippen LogP contribution >= 0.6 is 11.6 Å². The number of ether oxygens (including phenoxy) is 1. The normalized spacial score (nSPS) is 11.1. The van der Waals surface area contributed by atoms with E-state index < -0.39 is 0 Å². The van der Waals surface area contributed by atoms with Crippen molar-refractivity contribution in [3.63, 3.8) is 0 Å². The van der Waals surface area contributed by atoms with Crippen molar-refractivity contribution in [3.05, 3.63) is 76.3 Å².